The molecule has 2 N–H and O–H groups in total. The van der Waals surface area contributed by atoms with Crippen molar-refractivity contribution < 1.29 is 17.9 Å². The summed E-state index contributed by atoms with van der Waals surface area (Å²) in [6, 6.07) is 7.22. The number of hydrogen-bond donors (Lipinski definition) is 2. The Morgan fingerprint density at radius 2 is 2.09 bits per heavy atom. The summed E-state index contributed by atoms with van der Waals surface area (Å²) in [6.07, 6.45) is 1.30. The lowest BCUT2D eigenvalue weighted by molar-refractivity contribution is 0.161. The minimum atomic E-state index is -3.71. The predicted octanol–water partition coefficient (Wildman–Crippen LogP) is 1.87. The molecular weight excluding hydrogens is 307 g/mol. The lowest BCUT2D eigenvalue weighted by atomic mass is 10.2. The van der Waals surface area contributed by atoms with Gasteiger partial charge in [-0.1, -0.05) is 0 Å². The van der Waals surface area contributed by atoms with Gasteiger partial charge in [0, 0.05) is 25.5 Å². The van der Waals surface area contributed by atoms with E-state index in [1.807, 2.05) is 19.3 Å². The zero-order valence-corrected chi connectivity index (χ0v) is 13.3. The number of rotatable bonds is 6. The molecule has 1 heterocycles. The highest BCUT2D eigenvalue weighted by Gasteiger charge is 2.16. The SMILES string of the molecule is Cc1cc(S(=O)(=O)NCCC(O)c2cccn2C)ccc1F. The van der Waals surface area contributed by atoms with Crippen molar-refractivity contribution in [3.63, 3.8) is 0 Å². The van der Waals surface area contributed by atoms with Gasteiger partial charge in [0.1, 0.15) is 5.82 Å². The van der Waals surface area contributed by atoms with E-state index < -0.39 is 21.9 Å². The fourth-order valence-electron chi connectivity index (χ4n) is 2.17. The standard InChI is InChI=1S/C15H19FN2O3S/c1-11-10-12(5-6-13(11)16)22(20,21)17-8-7-15(19)14-4-3-9-18(14)2/h3-6,9-10,15,17,19H,7-8H2,1-2H3. The number of aliphatic hydroxyl groups excluding tert-OH is 1. The number of nitrogens with one attached hydrogen (secondary N) is 1. The molecule has 1 unspecified atom stereocenters. The highest BCUT2D eigenvalue weighted by atomic mass is 32.2. The molecule has 0 bridgehead atoms. The Kier molecular flexibility index (Phi) is 5.00. The van der Waals surface area contributed by atoms with Crippen molar-refractivity contribution >= 4 is 10.0 Å². The first kappa shape index (κ1) is 16.7. The van der Waals surface area contributed by atoms with Crippen LogP contribution in [-0.4, -0.2) is 24.6 Å². The van der Waals surface area contributed by atoms with E-state index in [1.165, 1.54) is 19.1 Å². The molecule has 0 aliphatic rings. The number of aliphatic hydroxyl groups is 1. The maximum Gasteiger partial charge on any atom is 0.240 e. The number of nitrogens with zero attached hydrogens (tertiary/aromatic N) is 1. The lowest BCUT2D eigenvalue weighted by Crippen LogP contribution is -2.26. The van der Waals surface area contributed by atoms with E-state index in [2.05, 4.69) is 4.72 Å². The van der Waals surface area contributed by atoms with Crippen molar-refractivity contribution in [1.29, 1.82) is 0 Å². The Labute approximate surface area is 129 Å². The van der Waals surface area contributed by atoms with Gasteiger partial charge in [0.25, 0.3) is 0 Å². The summed E-state index contributed by atoms with van der Waals surface area (Å²) >= 11 is 0. The average Bonchev–Trinajstić information content (AvgIpc) is 2.87. The summed E-state index contributed by atoms with van der Waals surface area (Å²) in [6.45, 7) is 1.60. The molecule has 0 aliphatic carbocycles. The van der Waals surface area contributed by atoms with Crippen LogP contribution in [0.1, 0.15) is 23.8 Å². The molecule has 0 amide bonds. The molecule has 120 valence electrons. The van der Waals surface area contributed by atoms with Crippen LogP contribution in [0.15, 0.2) is 41.4 Å². The molecule has 0 aliphatic heterocycles. The average molecular weight is 326 g/mol. The summed E-state index contributed by atoms with van der Waals surface area (Å²) in [5.74, 6) is -0.446. The zero-order chi connectivity index (χ0) is 16.3. The van der Waals surface area contributed by atoms with Gasteiger partial charge in [0.2, 0.25) is 10.0 Å². The van der Waals surface area contributed by atoms with Crippen LogP contribution in [0.25, 0.3) is 0 Å². The second-order valence-electron chi connectivity index (χ2n) is 5.16. The molecule has 1 atom stereocenters. The van der Waals surface area contributed by atoms with Gasteiger partial charge in [-0.05, 0) is 49.2 Å². The van der Waals surface area contributed by atoms with E-state index in [-0.39, 0.29) is 23.4 Å². The van der Waals surface area contributed by atoms with E-state index in [0.29, 0.717) is 0 Å². The summed E-state index contributed by atoms with van der Waals surface area (Å²) in [5.41, 5.74) is 0.989. The van der Waals surface area contributed by atoms with Crippen LogP contribution < -0.4 is 4.72 Å². The second-order valence-corrected chi connectivity index (χ2v) is 6.92. The minimum Gasteiger partial charge on any atom is -0.387 e. The fourth-order valence-corrected chi connectivity index (χ4v) is 3.30. The van der Waals surface area contributed by atoms with Crippen LogP contribution in [0.4, 0.5) is 4.39 Å². The highest BCUT2D eigenvalue weighted by Crippen LogP contribution is 2.17. The Morgan fingerprint density at radius 3 is 2.68 bits per heavy atom. The first-order valence-electron chi connectivity index (χ1n) is 6.86. The Hall–Kier alpha value is -1.70. The molecule has 1 aromatic carbocycles. The van der Waals surface area contributed by atoms with E-state index in [4.69, 9.17) is 0 Å². The number of benzene rings is 1. The zero-order valence-electron chi connectivity index (χ0n) is 12.5. The first-order chi connectivity index (χ1) is 10.3. The number of sulfonamides is 1. The molecule has 0 saturated heterocycles. The number of aromatic nitrogens is 1. The summed E-state index contributed by atoms with van der Waals surface area (Å²) in [7, 11) is -1.90. The predicted molar refractivity (Wildman–Crippen MR) is 81.3 cm³/mol. The maximum absolute atomic E-state index is 13.2. The van der Waals surface area contributed by atoms with Crippen LogP contribution in [0.2, 0.25) is 0 Å². The molecule has 1 aromatic heterocycles. The quantitative estimate of drug-likeness (QED) is 0.851. The van der Waals surface area contributed by atoms with Crippen molar-refractivity contribution in [2.45, 2.75) is 24.3 Å². The monoisotopic (exact) mass is 326 g/mol. The van der Waals surface area contributed by atoms with E-state index >= 15 is 0 Å². The van der Waals surface area contributed by atoms with Crippen LogP contribution in [-0.2, 0) is 17.1 Å². The molecule has 22 heavy (non-hydrogen) atoms. The third kappa shape index (κ3) is 3.73. The molecule has 2 rings (SSSR count). The molecule has 7 heteroatoms. The largest absolute Gasteiger partial charge is 0.387 e. The van der Waals surface area contributed by atoms with E-state index in [9.17, 15) is 17.9 Å². The second kappa shape index (κ2) is 6.60. The van der Waals surface area contributed by atoms with Gasteiger partial charge in [-0.15, -0.1) is 0 Å². The van der Waals surface area contributed by atoms with Gasteiger partial charge in [-0.2, -0.15) is 0 Å². The van der Waals surface area contributed by atoms with Crippen molar-refractivity contribution in [2.75, 3.05) is 6.54 Å². The first-order valence-corrected chi connectivity index (χ1v) is 8.34. The van der Waals surface area contributed by atoms with Gasteiger partial charge in [0.05, 0.1) is 11.0 Å². The highest BCUT2D eigenvalue weighted by molar-refractivity contribution is 7.89. The van der Waals surface area contributed by atoms with E-state index in [0.717, 1.165) is 11.8 Å². The number of aryl methyl sites for hydroxylation is 2. The molecule has 0 radical (unpaired) electrons. The normalized spacial score (nSPS) is 13.3. The number of halogens is 1. The smallest absolute Gasteiger partial charge is 0.240 e. The van der Waals surface area contributed by atoms with Crippen LogP contribution in [0.5, 0.6) is 0 Å². The Balaban J connectivity index is 1.98. The fraction of sp³-hybridized carbons (Fsp3) is 0.333. The summed E-state index contributed by atoms with van der Waals surface area (Å²) < 4.78 is 41.6. The van der Waals surface area contributed by atoms with Crippen molar-refractivity contribution in [2.24, 2.45) is 7.05 Å². The molecule has 0 fully saturated rings. The van der Waals surface area contributed by atoms with Gasteiger partial charge in [-0.25, -0.2) is 17.5 Å². The molecule has 0 saturated carbocycles. The maximum atomic E-state index is 13.2. The summed E-state index contributed by atoms with van der Waals surface area (Å²) in [4.78, 5) is 0.0137. The van der Waals surface area contributed by atoms with E-state index in [1.54, 1.807) is 10.6 Å². The van der Waals surface area contributed by atoms with Crippen LogP contribution in [0.3, 0.4) is 0 Å². The Bertz CT molecular complexity index is 756. The van der Waals surface area contributed by atoms with Crippen molar-refractivity contribution in [1.82, 2.24) is 9.29 Å². The van der Waals surface area contributed by atoms with Crippen molar-refractivity contribution in [3.8, 4) is 0 Å². The lowest BCUT2D eigenvalue weighted by Gasteiger charge is -2.13. The molecule has 2 aromatic rings. The third-order valence-corrected chi connectivity index (χ3v) is 4.93. The summed E-state index contributed by atoms with van der Waals surface area (Å²) in [5, 5.41) is 10.0. The number of hydrogen-bond acceptors (Lipinski definition) is 3. The van der Waals surface area contributed by atoms with Crippen molar-refractivity contribution in [3.05, 3.63) is 53.6 Å². The van der Waals surface area contributed by atoms with Gasteiger partial charge >= 0.3 is 0 Å². The Morgan fingerprint density at radius 1 is 1.36 bits per heavy atom. The topological polar surface area (TPSA) is 71.3 Å². The minimum absolute atomic E-state index is 0.0137. The van der Waals surface area contributed by atoms with Gasteiger partial charge in [0.15, 0.2) is 0 Å². The molecule has 0 spiro atoms. The molecule has 5 nitrogen and oxygen atoms in total. The molecular formula is C15H19FN2O3S. The third-order valence-electron chi connectivity index (χ3n) is 3.47. The van der Waals surface area contributed by atoms with Crippen LogP contribution in [0, 0.1) is 12.7 Å². The van der Waals surface area contributed by atoms with Gasteiger partial charge in [-0.3, -0.25) is 0 Å². The van der Waals surface area contributed by atoms with Crippen LogP contribution >= 0.6 is 0 Å². The van der Waals surface area contributed by atoms with Gasteiger partial charge < -0.3 is 9.67 Å².